The van der Waals surface area contributed by atoms with Gasteiger partial charge in [0, 0.05) is 29.2 Å². The Labute approximate surface area is 119 Å². The van der Waals surface area contributed by atoms with Crippen molar-refractivity contribution in [1.29, 1.82) is 0 Å². The number of likely N-dealkylation sites (tertiary alicyclic amines) is 1. The minimum Gasteiger partial charge on any atom is -0.338 e. The Balaban J connectivity index is 1.73. The maximum atomic E-state index is 5.88. The number of halogens is 1. The molecule has 0 amide bonds. The highest BCUT2D eigenvalue weighted by Gasteiger charge is 2.21. The van der Waals surface area contributed by atoms with Crippen LogP contribution in [0.5, 0.6) is 0 Å². The normalized spacial score (nSPS) is 20.0. The van der Waals surface area contributed by atoms with Crippen molar-refractivity contribution in [3.05, 3.63) is 34.6 Å². The molecular formula is C13H15BrN4O. The summed E-state index contributed by atoms with van der Waals surface area (Å²) in [4.78, 5) is 6.67. The Morgan fingerprint density at radius 1 is 1.47 bits per heavy atom. The first-order chi connectivity index (χ1) is 9.20. The van der Waals surface area contributed by atoms with Crippen molar-refractivity contribution in [3.63, 3.8) is 0 Å². The van der Waals surface area contributed by atoms with Crippen molar-refractivity contribution in [2.45, 2.75) is 19.0 Å². The van der Waals surface area contributed by atoms with E-state index in [1.54, 1.807) is 0 Å². The van der Waals surface area contributed by atoms with Gasteiger partial charge in [-0.25, -0.2) is 0 Å². The van der Waals surface area contributed by atoms with E-state index in [-0.39, 0.29) is 6.04 Å². The van der Waals surface area contributed by atoms with Crippen molar-refractivity contribution in [2.24, 2.45) is 5.73 Å². The molecule has 0 radical (unpaired) electrons. The fraction of sp³-hybridized carbons (Fsp3) is 0.385. The molecule has 0 saturated carbocycles. The van der Waals surface area contributed by atoms with E-state index >= 15 is 0 Å². The smallest absolute Gasteiger partial charge is 0.241 e. The largest absolute Gasteiger partial charge is 0.338 e. The maximum Gasteiger partial charge on any atom is 0.241 e. The Bertz CT molecular complexity index is 571. The lowest BCUT2D eigenvalue weighted by Crippen LogP contribution is -2.26. The molecule has 0 aliphatic carbocycles. The first-order valence-corrected chi connectivity index (χ1v) is 7.06. The van der Waals surface area contributed by atoms with Gasteiger partial charge in [0.05, 0.1) is 6.54 Å². The molecule has 1 aromatic carbocycles. The molecule has 2 aromatic rings. The Morgan fingerprint density at radius 2 is 2.37 bits per heavy atom. The molecule has 1 aromatic heterocycles. The van der Waals surface area contributed by atoms with Crippen molar-refractivity contribution < 1.29 is 4.52 Å². The summed E-state index contributed by atoms with van der Waals surface area (Å²) in [5.74, 6) is 1.27. The van der Waals surface area contributed by atoms with E-state index in [4.69, 9.17) is 10.3 Å². The Hall–Kier alpha value is -1.24. The van der Waals surface area contributed by atoms with Gasteiger partial charge in [0.1, 0.15) is 0 Å². The van der Waals surface area contributed by atoms with E-state index in [2.05, 4.69) is 31.0 Å². The average Bonchev–Trinajstić information content (AvgIpc) is 2.99. The fourth-order valence-corrected chi connectivity index (χ4v) is 2.66. The predicted molar refractivity (Wildman–Crippen MR) is 75.3 cm³/mol. The SMILES string of the molecule is N[C@@H]1CCN(Cc2nc(-c3cccc(Br)c3)no2)C1. The highest BCUT2D eigenvalue weighted by molar-refractivity contribution is 9.10. The summed E-state index contributed by atoms with van der Waals surface area (Å²) in [6, 6.07) is 8.13. The molecule has 2 N–H and O–H groups in total. The van der Waals surface area contributed by atoms with Crippen LogP contribution in [0.3, 0.4) is 0 Å². The van der Waals surface area contributed by atoms with Gasteiger partial charge in [-0.15, -0.1) is 0 Å². The van der Waals surface area contributed by atoms with Gasteiger partial charge in [-0.1, -0.05) is 33.2 Å². The molecule has 0 bridgehead atoms. The van der Waals surface area contributed by atoms with Crippen LogP contribution in [0.2, 0.25) is 0 Å². The predicted octanol–water partition coefficient (Wildman–Crippen LogP) is 2.03. The molecule has 1 saturated heterocycles. The molecular weight excluding hydrogens is 308 g/mol. The van der Waals surface area contributed by atoms with E-state index < -0.39 is 0 Å². The minimum atomic E-state index is 0.271. The molecule has 3 rings (SSSR count). The first-order valence-electron chi connectivity index (χ1n) is 6.27. The third-order valence-electron chi connectivity index (χ3n) is 3.22. The lowest BCUT2D eigenvalue weighted by atomic mass is 10.2. The average molecular weight is 323 g/mol. The summed E-state index contributed by atoms with van der Waals surface area (Å²) in [5.41, 5.74) is 6.82. The van der Waals surface area contributed by atoms with E-state index in [1.165, 1.54) is 0 Å². The van der Waals surface area contributed by atoms with Crippen LogP contribution < -0.4 is 5.73 Å². The number of rotatable bonds is 3. The molecule has 1 fully saturated rings. The zero-order chi connectivity index (χ0) is 13.2. The topological polar surface area (TPSA) is 68.2 Å². The van der Waals surface area contributed by atoms with E-state index in [0.717, 1.165) is 29.5 Å². The van der Waals surface area contributed by atoms with Crippen LogP contribution in [0.1, 0.15) is 12.3 Å². The van der Waals surface area contributed by atoms with Gasteiger partial charge in [0.15, 0.2) is 0 Å². The number of hydrogen-bond donors (Lipinski definition) is 1. The lowest BCUT2D eigenvalue weighted by molar-refractivity contribution is 0.265. The highest BCUT2D eigenvalue weighted by atomic mass is 79.9. The summed E-state index contributed by atoms with van der Waals surface area (Å²) >= 11 is 3.44. The quantitative estimate of drug-likeness (QED) is 0.936. The second-order valence-electron chi connectivity index (χ2n) is 4.81. The molecule has 0 unspecified atom stereocenters. The van der Waals surface area contributed by atoms with Crippen LogP contribution in [0.25, 0.3) is 11.4 Å². The Kier molecular flexibility index (Phi) is 3.63. The van der Waals surface area contributed by atoms with Gasteiger partial charge < -0.3 is 10.3 Å². The van der Waals surface area contributed by atoms with Crippen LogP contribution in [-0.2, 0) is 6.54 Å². The maximum absolute atomic E-state index is 5.88. The van der Waals surface area contributed by atoms with E-state index in [1.807, 2.05) is 24.3 Å². The standard InChI is InChI=1S/C13H15BrN4O/c14-10-3-1-2-9(6-10)13-16-12(19-17-13)8-18-5-4-11(15)7-18/h1-3,6,11H,4-5,7-8,15H2/t11-/m1/s1. The van der Waals surface area contributed by atoms with Gasteiger partial charge in [0.2, 0.25) is 11.7 Å². The van der Waals surface area contributed by atoms with Crippen molar-refractivity contribution in [2.75, 3.05) is 13.1 Å². The summed E-state index contributed by atoms with van der Waals surface area (Å²) in [6.07, 6.45) is 1.03. The Morgan fingerprint density at radius 3 is 3.11 bits per heavy atom. The summed E-state index contributed by atoms with van der Waals surface area (Å²) in [5, 5.41) is 4.02. The second kappa shape index (κ2) is 5.40. The number of aromatic nitrogens is 2. The van der Waals surface area contributed by atoms with Gasteiger partial charge in [-0.2, -0.15) is 4.98 Å². The number of nitrogens with zero attached hydrogens (tertiary/aromatic N) is 3. The first kappa shape index (κ1) is 12.8. The fourth-order valence-electron chi connectivity index (χ4n) is 2.26. The van der Waals surface area contributed by atoms with Gasteiger partial charge in [-0.05, 0) is 18.6 Å². The number of hydrogen-bond acceptors (Lipinski definition) is 5. The molecule has 5 nitrogen and oxygen atoms in total. The zero-order valence-electron chi connectivity index (χ0n) is 10.4. The molecule has 0 spiro atoms. The third-order valence-corrected chi connectivity index (χ3v) is 3.71. The molecule has 1 atom stereocenters. The van der Waals surface area contributed by atoms with Gasteiger partial charge >= 0.3 is 0 Å². The molecule has 100 valence electrons. The van der Waals surface area contributed by atoms with Crippen molar-refractivity contribution in [3.8, 4) is 11.4 Å². The number of benzene rings is 1. The monoisotopic (exact) mass is 322 g/mol. The van der Waals surface area contributed by atoms with Crippen LogP contribution in [-0.4, -0.2) is 34.2 Å². The highest BCUT2D eigenvalue weighted by Crippen LogP contribution is 2.21. The van der Waals surface area contributed by atoms with Gasteiger partial charge in [0.25, 0.3) is 0 Å². The summed E-state index contributed by atoms with van der Waals surface area (Å²) in [6.45, 7) is 2.57. The van der Waals surface area contributed by atoms with E-state index in [9.17, 15) is 0 Å². The summed E-state index contributed by atoms with van der Waals surface area (Å²) < 4.78 is 6.30. The van der Waals surface area contributed by atoms with Crippen molar-refractivity contribution >= 4 is 15.9 Å². The van der Waals surface area contributed by atoms with E-state index in [0.29, 0.717) is 18.3 Å². The molecule has 19 heavy (non-hydrogen) atoms. The van der Waals surface area contributed by atoms with Crippen LogP contribution in [0.4, 0.5) is 0 Å². The van der Waals surface area contributed by atoms with Crippen LogP contribution >= 0.6 is 15.9 Å². The van der Waals surface area contributed by atoms with Crippen LogP contribution in [0, 0.1) is 0 Å². The number of nitrogens with two attached hydrogens (primary N) is 1. The molecule has 1 aliphatic rings. The van der Waals surface area contributed by atoms with Gasteiger partial charge in [-0.3, -0.25) is 4.90 Å². The minimum absolute atomic E-state index is 0.271. The molecule has 1 aliphatic heterocycles. The third kappa shape index (κ3) is 3.02. The lowest BCUT2D eigenvalue weighted by Gasteiger charge is -2.10. The summed E-state index contributed by atoms with van der Waals surface area (Å²) in [7, 11) is 0. The molecule has 2 heterocycles. The van der Waals surface area contributed by atoms with Crippen molar-refractivity contribution in [1.82, 2.24) is 15.0 Å². The van der Waals surface area contributed by atoms with Crippen LogP contribution in [0.15, 0.2) is 33.3 Å². The molecule has 6 heteroatoms. The second-order valence-corrected chi connectivity index (χ2v) is 5.72. The zero-order valence-corrected chi connectivity index (χ0v) is 12.0.